The summed E-state index contributed by atoms with van der Waals surface area (Å²) in [5.41, 5.74) is 1.16. The molecule has 1 saturated heterocycles. The molecule has 1 aromatic heterocycles. The number of rotatable bonds is 5. The third kappa shape index (κ3) is 4.78. The summed E-state index contributed by atoms with van der Waals surface area (Å²) in [7, 11) is 1.37. The van der Waals surface area contributed by atoms with Crippen LogP contribution >= 0.6 is 0 Å². The molecule has 1 N–H and O–H groups in total. The molecule has 8 nitrogen and oxygen atoms in total. The Hall–Kier alpha value is -1.74. The van der Waals surface area contributed by atoms with Gasteiger partial charge in [0.25, 0.3) is 0 Å². The van der Waals surface area contributed by atoms with Crippen LogP contribution in [0.1, 0.15) is 56.6 Å². The lowest BCUT2D eigenvalue weighted by Crippen LogP contribution is -2.38. The summed E-state index contributed by atoms with van der Waals surface area (Å²) in [6, 6.07) is 3.06. The number of hydrogen-bond donors (Lipinski definition) is 1. The van der Waals surface area contributed by atoms with Crippen molar-refractivity contribution in [1.29, 1.82) is 0 Å². The van der Waals surface area contributed by atoms with Crippen molar-refractivity contribution in [2.75, 3.05) is 49.8 Å². The van der Waals surface area contributed by atoms with Gasteiger partial charge < -0.3 is 15.0 Å². The fraction of sp³-hybridized carbons (Fsp3) is 0.783. The van der Waals surface area contributed by atoms with E-state index in [-0.39, 0.29) is 0 Å². The molecule has 4 aliphatic rings. The van der Waals surface area contributed by atoms with Crippen molar-refractivity contribution in [3.63, 3.8) is 0 Å². The molecule has 0 spiro atoms. The molecule has 176 valence electrons. The van der Waals surface area contributed by atoms with E-state index in [1.165, 1.54) is 6.42 Å². The number of morpholine rings is 1. The van der Waals surface area contributed by atoms with Gasteiger partial charge in [-0.25, -0.2) is 4.98 Å². The van der Waals surface area contributed by atoms with E-state index in [0.29, 0.717) is 29.2 Å². The summed E-state index contributed by atoms with van der Waals surface area (Å²) in [5, 5.41) is 10.7. The van der Waals surface area contributed by atoms with Gasteiger partial charge in [0.05, 0.1) is 24.9 Å². The van der Waals surface area contributed by atoms with Crippen molar-refractivity contribution < 1.29 is 8.95 Å². The lowest BCUT2D eigenvalue weighted by atomic mass is 9.78. The average Bonchev–Trinajstić information content (AvgIpc) is 3.20. The van der Waals surface area contributed by atoms with E-state index in [4.69, 9.17) is 14.7 Å². The Labute approximate surface area is 193 Å². The van der Waals surface area contributed by atoms with Gasteiger partial charge >= 0.3 is 0 Å². The van der Waals surface area contributed by atoms with Crippen molar-refractivity contribution in [1.82, 2.24) is 15.0 Å². The second-order valence-electron chi connectivity index (χ2n) is 9.77. The van der Waals surface area contributed by atoms with Crippen molar-refractivity contribution in [3.05, 3.63) is 11.8 Å². The van der Waals surface area contributed by atoms with Gasteiger partial charge in [-0.05, 0) is 44.9 Å². The van der Waals surface area contributed by atoms with Crippen molar-refractivity contribution >= 4 is 28.8 Å². The lowest BCUT2D eigenvalue weighted by molar-refractivity contribution is 0.122. The van der Waals surface area contributed by atoms with Crippen LogP contribution in [0.2, 0.25) is 0 Å². The standard InChI is InChI=1S/C23H36N6O2S/c1-28-21-13-16(3-4-17(21)15-24-28)20-14-22(25-18-5-7-19(8-6-18)32(2)30)27-23(26-20)29-9-11-31-12-10-29/h14-19,21H,3-13H2,1-2H3,(H,25,26,27). The molecule has 3 fully saturated rings. The second-order valence-corrected chi connectivity index (χ2v) is 11.4. The number of hydrogen-bond acceptors (Lipinski definition) is 8. The highest BCUT2D eigenvalue weighted by atomic mass is 32.2. The van der Waals surface area contributed by atoms with Gasteiger partial charge in [-0.2, -0.15) is 10.1 Å². The molecule has 32 heavy (non-hydrogen) atoms. The van der Waals surface area contributed by atoms with E-state index in [1.54, 1.807) is 0 Å². The number of hydrazone groups is 1. The minimum atomic E-state index is -0.719. The second kappa shape index (κ2) is 9.63. The zero-order valence-electron chi connectivity index (χ0n) is 19.3. The molecule has 9 heteroatoms. The van der Waals surface area contributed by atoms with Gasteiger partial charge in [0, 0.05) is 72.6 Å². The normalized spacial score (nSPS) is 33.8. The minimum absolute atomic E-state index is 0.346. The highest BCUT2D eigenvalue weighted by Crippen LogP contribution is 2.40. The molecule has 4 unspecified atom stereocenters. The fourth-order valence-corrected chi connectivity index (χ4v) is 6.64. The van der Waals surface area contributed by atoms with Crippen molar-refractivity contribution in [2.24, 2.45) is 11.0 Å². The summed E-state index contributed by atoms with van der Waals surface area (Å²) in [6.07, 6.45) is 11.5. The molecule has 3 heterocycles. The Morgan fingerprint density at radius 1 is 1.09 bits per heavy atom. The number of anilines is 2. The zero-order chi connectivity index (χ0) is 22.1. The van der Waals surface area contributed by atoms with E-state index >= 15 is 0 Å². The predicted octanol–water partition coefficient (Wildman–Crippen LogP) is 2.60. The number of fused-ring (bicyclic) bond motifs is 1. The Kier molecular flexibility index (Phi) is 6.64. The Morgan fingerprint density at radius 3 is 2.62 bits per heavy atom. The molecule has 2 aliphatic heterocycles. The first kappa shape index (κ1) is 22.1. The van der Waals surface area contributed by atoms with Crippen LogP contribution in [-0.2, 0) is 15.5 Å². The molecule has 0 bridgehead atoms. The van der Waals surface area contributed by atoms with Gasteiger partial charge in [0.1, 0.15) is 5.82 Å². The van der Waals surface area contributed by atoms with Crippen LogP contribution in [0, 0.1) is 5.92 Å². The van der Waals surface area contributed by atoms with Crippen LogP contribution in [-0.4, -0.2) is 82.3 Å². The molecule has 0 radical (unpaired) electrons. The molecule has 5 rings (SSSR count). The Balaban J connectivity index is 1.35. The molecule has 0 amide bonds. The summed E-state index contributed by atoms with van der Waals surface area (Å²) >= 11 is 0. The first-order valence-corrected chi connectivity index (χ1v) is 13.8. The number of nitrogens with zero attached hydrogens (tertiary/aromatic N) is 5. The maximum absolute atomic E-state index is 11.8. The summed E-state index contributed by atoms with van der Waals surface area (Å²) in [4.78, 5) is 12.3. The first-order valence-electron chi connectivity index (χ1n) is 12.1. The highest BCUT2D eigenvalue weighted by molar-refractivity contribution is 7.84. The van der Waals surface area contributed by atoms with Gasteiger partial charge in [-0.3, -0.25) is 9.22 Å². The van der Waals surface area contributed by atoms with Crippen LogP contribution in [0.15, 0.2) is 11.2 Å². The summed E-state index contributed by atoms with van der Waals surface area (Å²) in [6.45, 7) is 3.12. The lowest BCUT2D eigenvalue weighted by Gasteiger charge is -2.35. The van der Waals surface area contributed by atoms with E-state index in [9.17, 15) is 4.21 Å². The SMILES string of the molecule is CN1N=CC2CCC(c3cc(NC4CCC(S(C)=O)CC4)nc(N4CCOCC4)n3)CC21. The number of aromatic nitrogens is 2. The van der Waals surface area contributed by atoms with Crippen molar-refractivity contribution in [3.8, 4) is 0 Å². The van der Waals surface area contributed by atoms with Crippen LogP contribution in [0.25, 0.3) is 0 Å². The monoisotopic (exact) mass is 460 g/mol. The largest absolute Gasteiger partial charge is 0.378 e. The van der Waals surface area contributed by atoms with E-state index in [0.717, 1.165) is 82.3 Å². The summed E-state index contributed by atoms with van der Waals surface area (Å²) < 4.78 is 17.4. The van der Waals surface area contributed by atoms with E-state index < -0.39 is 10.8 Å². The van der Waals surface area contributed by atoms with E-state index in [2.05, 4.69) is 39.7 Å². The van der Waals surface area contributed by atoms with Crippen LogP contribution in [0.3, 0.4) is 0 Å². The number of ether oxygens (including phenoxy) is 1. The maximum Gasteiger partial charge on any atom is 0.227 e. The third-order valence-electron chi connectivity index (χ3n) is 7.73. The molecular formula is C23H36N6O2S. The smallest absolute Gasteiger partial charge is 0.227 e. The summed E-state index contributed by atoms with van der Waals surface area (Å²) in [5.74, 6) is 2.78. The van der Waals surface area contributed by atoms with Gasteiger partial charge in [0.2, 0.25) is 5.95 Å². The zero-order valence-corrected chi connectivity index (χ0v) is 20.1. The molecular weight excluding hydrogens is 424 g/mol. The van der Waals surface area contributed by atoms with Gasteiger partial charge in [0.15, 0.2) is 0 Å². The molecule has 2 aliphatic carbocycles. The molecule has 1 aromatic rings. The molecule has 0 aromatic carbocycles. The maximum atomic E-state index is 11.8. The van der Waals surface area contributed by atoms with Crippen LogP contribution in [0.4, 0.5) is 11.8 Å². The minimum Gasteiger partial charge on any atom is -0.378 e. The third-order valence-corrected chi connectivity index (χ3v) is 9.14. The topological polar surface area (TPSA) is 83.0 Å². The Bertz CT molecular complexity index is 853. The Morgan fingerprint density at radius 2 is 1.88 bits per heavy atom. The number of nitrogens with one attached hydrogen (secondary N) is 1. The quantitative estimate of drug-likeness (QED) is 0.723. The van der Waals surface area contributed by atoms with E-state index in [1.807, 2.05) is 6.26 Å². The van der Waals surface area contributed by atoms with Gasteiger partial charge in [-0.15, -0.1) is 0 Å². The predicted molar refractivity (Wildman–Crippen MR) is 129 cm³/mol. The first-order chi connectivity index (χ1) is 15.6. The highest BCUT2D eigenvalue weighted by Gasteiger charge is 2.37. The van der Waals surface area contributed by atoms with Crippen LogP contribution < -0.4 is 10.2 Å². The van der Waals surface area contributed by atoms with Gasteiger partial charge in [-0.1, -0.05) is 0 Å². The molecule has 4 atom stereocenters. The van der Waals surface area contributed by atoms with Crippen molar-refractivity contribution in [2.45, 2.75) is 68.2 Å². The molecule has 2 saturated carbocycles. The van der Waals surface area contributed by atoms with Crippen LogP contribution in [0.5, 0.6) is 0 Å². The fourth-order valence-electron chi connectivity index (χ4n) is 5.71. The average molecular weight is 461 g/mol.